The summed E-state index contributed by atoms with van der Waals surface area (Å²) in [6.45, 7) is 8.39. The van der Waals surface area contributed by atoms with Crippen molar-refractivity contribution < 1.29 is 17.6 Å². The maximum Gasteiger partial charge on any atom is 0.242 e. The number of sulfonamides is 1. The van der Waals surface area contributed by atoms with Gasteiger partial charge in [-0.05, 0) is 52.0 Å². The van der Waals surface area contributed by atoms with E-state index in [1.165, 1.54) is 18.4 Å². The summed E-state index contributed by atoms with van der Waals surface area (Å²) in [7, 11) is -0.531. The Bertz CT molecular complexity index is 1210. The number of benzene rings is 1. The molecule has 1 aromatic carbocycles. The molecule has 0 aliphatic heterocycles. The van der Waals surface area contributed by atoms with E-state index >= 15 is 0 Å². The lowest BCUT2D eigenvalue weighted by atomic mass is 10.1. The van der Waals surface area contributed by atoms with Gasteiger partial charge < -0.3 is 14.3 Å². The highest BCUT2D eigenvalue weighted by Crippen LogP contribution is 2.24. The van der Waals surface area contributed by atoms with Crippen LogP contribution in [0.4, 0.5) is 0 Å². The fourth-order valence-electron chi connectivity index (χ4n) is 3.77. The van der Waals surface area contributed by atoms with Gasteiger partial charge in [0.25, 0.3) is 0 Å². The van der Waals surface area contributed by atoms with Crippen LogP contribution in [0, 0.1) is 13.8 Å². The average Bonchev–Trinajstić information content (AvgIpc) is 3.23. The summed E-state index contributed by atoms with van der Waals surface area (Å²) < 4.78 is 33.6. The molecule has 0 aliphatic rings. The number of imidazole rings is 1. The number of aromatic nitrogens is 2. The number of aryl methyl sites for hydroxylation is 4. The summed E-state index contributed by atoms with van der Waals surface area (Å²) in [5, 5.41) is 3.01. The van der Waals surface area contributed by atoms with Crippen LogP contribution in [0.25, 0.3) is 11.0 Å². The van der Waals surface area contributed by atoms with Gasteiger partial charge >= 0.3 is 0 Å². The van der Waals surface area contributed by atoms with Crippen LogP contribution in [0.2, 0.25) is 0 Å². The maximum atomic E-state index is 12.5. The smallest absolute Gasteiger partial charge is 0.242 e. The number of nitrogens with one attached hydrogen (secondary N) is 1. The molecule has 168 valence electrons. The first-order chi connectivity index (χ1) is 14.5. The minimum absolute atomic E-state index is 0.0728. The summed E-state index contributed by atoms with van der Waals surface area (Å²) in [6, 6.07) is 6.76. The zero-order chi connectivity index (χ0) is 22.9. The Balaban J connectivity index is 1.76. The van der Waals surface area contributed by atoms with E-state index in [0.717, 1.165) is 28.4 Å². The zero-order valence-corrected chi connectivity index (χ0v) is 19.7. The van der Waals surface area contributed by atoms with Gasteiger partial charge in [-0.25, -0.2) is 17.7 Å². The number of carbonyl (C=O) groups excluding carboxylic acids is 1. The van der Waals surface area contributed by atoms with Crippen molar-refractivity contribution in [3.05, 3.63) is 47.2 Å². The van der Waals surface area contributed by atoms with Crippen LogP contribution >= 0.6 is 0 Å². The molecular weight excluding hydrogens is 416 g/mol. The molecule has 0 saturated heterocycles. The number of hydrogen-bond donors (Lipinski definition) is 1. The molecule has 1 unspecified atom stereocenters. The van der Waals surface area contributed by atoms with Gasteiger partial charge in [-0.15, -0.1) is 0 Å². The average molecular weight is 447 g/mol. The second-order valence-electron chi connectivity index (χ2n) is 7.87. The van der Waals surface area contributed by atoms with Crippen molar-refractivity contribution in [1.29, 1.82) is 0 Å². The molecule has 0 fully saturated rings. The fraction of sp³-hybridized carbons (Fsp3) is 0.455. The summed E-state index contributed by atoms with van der Waals surface area (Å²) in [5.41, 5.74) is 2.44. The van der Waals surface area contributed by atoms with Gasteiger partial charge in [-0.3, -0.25) is 4.79 Å². The van der Waals surface area contributed by atoms with Crippen molar-refractivity contribution in [2.24, 2.45) is 0 Å². The van der Waals surface area contributed by atoms with Crippen molar-refractivity contribution >= 4 is 27.0 Å². The number of fused-ring (bicyclic) bond motifs is 1. The molecule has 2 heterocycles. The molecule has 1 amide bonds. The van der Waals surface area contributed by atoms with E-state index in [1.807, 2.05) is 38.3 Å². The van der Waals surface area contributed by atoms with Gasteiger partial charge in [-0.2, -0.15) is 0 Å². The Morgan fingerprint density at radius 2 is 1.97 bits per heavy atom. The van der Waals surface area contributed by atoms with Crippen LogP contribution in [0.1, 0.15) is 49.2 Å². The Morgan fingerprint density at radius 1 is 1.26 bits per heavy atom. The topological polar surface area (TPSA) is 97.4 Å². The maximum absolute atomic E-state index is 12.5. The molecular formula is C22H30N4O4S. The summed E-state index contributed by atoms with van der Waals surface area (Å²) in [5.74, 6) is 2.31. The van der Waals surface area contributed by atoms with Gasteiger partial charge in [0, 0.05) is 39.0 Å². The predicted octanol–water partition coefficient (Wildman–Crippen LogP) is 3.33. The van der Waals surface area contributed by atoms with E-state index in [2.05, 4.69) is 10.3 Å². The number of nitrogens with zero attached hydrogens (tertiary/aromatic N) is 3. The Hall–Kier alpha value is -2.65. The highest BCUT2D eigenvalue weighted by atomic mass is 32.2. The number of carbonyl (C=O) groups is 1. The van der Waals surface area contributed by atoms with Crippen molar-refractivity contribution in [3.63, 3.8) is 0 Å². The standard InChI is InChI=1S/C22H30N4O4S/c1-7-26-20-9-8-17(31(28,29)25(5)6)13-19(20)24-21(26)10-11-22(27)23-15(3)18-12-14(2)30-16(18)4/h8-9,12-13,15H,7,10-11H2,1-6H3,(H,23,27). The lowest BCUT2D eigenvalue weighted by Gasteiger charge is -2.13. The fourth-order valence-corrected chi connectivity index (χ4v) is 4.69. The third kappa shape index (κ3) is 4.67. The minimum Gasteiger partial charge on any atom is -0.466 e. The first-order valence-electron chi connectivity index (χ1n) is 10.3. The lowest BCUT2D eigenvalue weighted by Crippen LogP contribution is -2.27. The zero-order valence-electron chi connectivity index (χ0n) is 18.9. The largest absolute Gasteiger partial charge is 0.466 e. The molecule has 0 bridgehead atoms. The first kappa shape index (κ1) is 23.0. The highest BCUT2D eigenvalue weighted by Gasteiger charge is 2.20. The molecule has 0 spiro atoms. The molecule has 3 rings (SSSR count). The van der Waals surface area contributed by atoms with Gasteiger partial charge in [0.1, 0.15) is 17.3 Å². The normalized spacial score (nSPS) is 13.1. The summed E-state index contributed by atoms with van der Waals surface area (Å²) >= 11 is 0. The molecule has 0 saturated carbocycles. The van der Waals surface area contributed by atoms with Crippen LogP contribution in [-0.2, 0) is 27.8 Å². The number of rotatable bonds is 8. The van der Waals surface area contributed by atoms with Crippen molar-refractivity contribution in [1.82, 2.24) is 19.2 Å². The first-order valence-corrected chi connectivity index (χ1v) is 11.8. The second-order valence-corrected chi connectivity index (χ2v) is 10.0. The SMILES string of the molecule is CCn1c(CCC(=O)NC(C)c2cc(C)oc2C)nc2cc(S(=O)(=O)N(C)C)ccc21. The van der Waals surface area contributed by atoms with Gasteiger partial charge in [0.05, 0.1) is 22.0 Å². The van der Waals surface area contributed by atoms with E-state index in [0.29, 0.717) is 18.5 Å². The highest BCUT2D eigenvalue weighted by molar-refractivity contribution is 7.89. The second kappa shape index (κ2) is 8.84. The summed E-state index contributed by atoms with van der Waals surface area (Å²) in [6.07, 6.45) is 0.743. The predicted molar refractivity (Wildman–Crippen MR) is 119 cm³/mol. The van der Waals surface area contributed by atoms with E-state index < -0.39 is 10.0 Å². The third-order valence-electron chi connectivity index (χ3n) is 5.39. The monoisotopic (exact) mass is 446 g/mol. The van der Waals surface area contributed by atoms with Gasteiger partial charge in [-0.1, -0.05) is 0 Å². The van der Waals surface area contributed by atoms with Crippen LogP contribution in [0.5, 0.6) is 0 Å². The molecule has 1 atom stereocenters. The number of furan rings is 1. The van der Waals surface area contributed by atoms with Crippen molar-refractivity contribution in [3.8, 4) is 0 Å². The quantitative estimate of drug-likeness (QED) is 0.572. The Kier molecular flexibility index (Phi) is 6.56. The molecule has 2 aromatic heterocycles. The molecule has 0 radical (unpaired) electrons. The Labute approximate surface area is 183 Å². The third-order valence-corrected chi connectivity index (χ3v) is 7.20. The Morgan fingerprint density at radius 3 is 2.55 bits per heavy atom. The van der Waals surface area contributed by atoms with Gasteiger partial charge in [0.2, 0.25) is 15.9 Å². The van der Waals surface area contributed by atoms with Crippen LogP contribution in [0.3, 0.4) is 0 Å². The van der Waals surface area contributed by atoms with Crippen molar-refractivity contribution in [2.75, 3.05) is 14.1 Å². The van der Waals surface area contributed by atoms with Gasteiger partial charge in [0.15, 0.2) is 0 Å². The van der Waals surface area contributed by atoms with E-state index in [1.54, 1.807) is 18.2 Å². The van der Waals surface area contributed by atoms with E-state index in [9.17, 15) is 13.2 Å². The van der Waals surface area contributed by atoms with Crippen LogP contribution in [0.15, 0.2) is 33.6 Å². The van der Waals surface area contributed by atoms with E-state index in [4.69, 9.17) is 4.42 Å². The number of hydrogen-bond acceptors (Lipinski definition) is 5. The number of amides is 1. The molecule has 3 aromatic rings. The van der Waals surface area contributed by atoms with Crippen molar-refractivity contribution in [2.45, 2.75) is 58.0 Å². The van der Waals surface area contributed by atoms with E-state index in [-0.39, 0.29) is 23.3 Å². The van der Waals surface area contributed by atoms with Crippen LogP contribution < -0.4 is 5.32 Å². The lowest BCUT2D eigenvalue weighted by molar-refractivity contribution is -0.121. The molecule has 0 aliphatic carbocycles. The minimum atomic E-state index is -3.53. The van der Waals surface area contributed by atoms with Crippen LogP contribution in [-0.4, -0.2) is 42.3 Å². The molecule has 9 heteroatoms. The molecule has 1 N–H and O–H groups in total. The molecule has 31 heavy (non-hydrogen) atoms. The molecule has 8 nitrogen and oxygen atoms in total. The summed E-state index contributed by atoms with van der Waals surface area (Å²) in [4.78, 5) is 17.4.